The third-order valence-electron chi connectivity index (χ3n) is 14.1. The fourth-order valence-electron chi connectivity index (χ4n) is 8.58. The maximum absolute atomic E-state index is 12.9. The Labute approximate surface area is 586 Å². The number of rotatable bonds is 63. The van der Waals surface area contributed by atoms with Crippen LogP contribution in [0.1, 0.15) is 219 Å². The van der Waals surface area contributed by atoms with E-state index in [0.717, 1.165) is 180 Å². The number of hydrogen-bond donors (Lipinski definition) is 1. The number of phosphoric acid groups is 1. The van der Waals surface area contributed by atoms with Gasteiger partial charge in [0.25, 0.3) is 0 Å². The van der Waals surface area contributed by atoms with Crippen LogP contribution in [-0.4, -0.2) is 74.9 Å². The van der Waals surface area contributed by atoms with E-state index in [1.165, 1.54) is 0 Å². The van der Waals surface area contributed by atoms with Crippen LogP contribution in [0.2, 0.25) is 0 Å². The van der Waals surface area contributed by atoms with E-state index in [-0.39, 0.29) is 26.1 Å². The Balaban J connectivity index is 4.27. The van der Waals surface area contributed by atoms with Crippen LogP contribution in [0.4, 0.5) is 0 Å². The third kappa shape index (κ3) is 76.6. The van der Waals surface area contributed by atoms with Gasteiger partial charge in [-0.15, -0.1) is 0 Å². The second kappa shape index (κ2) is 72.8. The molecule has 0 saturated carbocycles. The Morgan fingerprint density at radius 3 is 0.833 bits per heavy atom. The lowest BCUT2D eigenvalue weighted by atomic mass is 10.1. The summed E-state index contributed by atoms with van der Waals surface area (Å²) in [6.07, 6.45) is 121. The predicted molar refractivity (Wildman–Crippen MR) is 416 cm³/mol. The van der Waals surface area contributed by atoms with Gasteiger partial charge >= 0.3 is 19.8 Å². The molecule has 532 valence electrons. The largest absolute Gasteiger partial charge is 0.472 e. The van der Waals surface area contributed by atoms with Crippen molar-refractivity contribution in [3.8, 4) is 0 Å². The number of likely N-dealkylation sites (N-methyl/N-ethyl adjacent to an activating group) is 1. The monoisotopic (exact) mass is 1340 g/mol. The molecule has 2 atom stereocenters. The quantitative estimate of drug-likeness (QED) is 0.0211. The van der Waals surface area contributed by atoms with Crippen LogP contribution in [0.15, 0.2) is 255 Å². The molecular weight excluding hydrogens is 1210 g/mol. The SMILES string of the molecule is CC/C=C\C/C=C\C/C=C\C/C=C\C/C=C\C/C=C\C/C=C\C/C=C\C/C=C\C/C=C\C/C=C\C/C=C\CCCCCCC(=O)OC(COC(=O)CCCCC/C=C\C/C=C\C/C=C\C/C=C\C/C=C\C/C=C\C/C=C\C/C=C\C/C=C\CC)COP(=O)(O)OCC[N+](C)(C)C. The van der Waals surface area contributed by atoms with Crippen molar-refractivity contribution >= 4 is 19.8 Å². The minimum Gasteiger partial charge on any atom is -0.462 e. The molecule has 2 unspecified atom stereocenters. The molecule has 96 heavy (non-hydrogen) atoms. The Bertz CT molecular complexity index is 2570. The van der Waals surface area contributed by atoms with Crippen molar-refractivity contribution in [2.45, 2.75) is 225 Å². The molecule has 0 aromatic rings. The van der Waals surface area contributed by atoms with Crippen molar-refractivity contribution in [3.63, 3.8) is 0 Å². The zero-order chi connectivity index (χ0) is 69.7. The molecule has 0 aliphatic rings. The minimum absolute atomic E-state index is 0.00523. The maximum atomic E-state index is 12.9. The summed E-state index contributed by atoms with van der Waals surface area (Å²) in [5.74, 6) is -0.889. The Morgan fingerprint density at radius 1 is 0.323 bits per heavy atom. The zero-order valence-electron chi connectivity index (χ0n) is 60.5. The van der Waals surface area contributed by atoms with E-state index in [1.807, 2.05) is 21.1 Å². The van der Waals surface area contributed by atoms with E-state index in [4.69, 9.17) is 18.5 Å². The highest BCUT2D eigenvalue weighted by atomic mass is 31.2. The van der Waals surface area contributed by atoms with Gasteiger partial charge in [-0.2, -0.15) is 0 Å². The van der Waals surface area contributed by atoms with Crippen LogP contribution >= 0.6 is 7.82 Å². The first-order chi connectivity index (χ1) is 47.0. The number of nitrogens with zero attached hydrogens (tertiary/aromatic N) is 1. The average Bonchev–Trinajstić information content (AvgIpc) is 2.54. The van der Waals surface area contributed by atoms with Gasteiger partial charge in [0, 0.05) is 12.8 Å². The van der Waals surface area contributed by atoms with Crippen LogP contribution < -0.4 is 0 Å². The summed E-state index contributed by atoms with van der Waals surface area (Å²) in [5, 5.41) is 0. The summed E-state index contributed by atoms with van der Waals surface area (Å²) in [7, 11) is 1.40. The molecule has 0 aromatic heterocycles. The van der Waals surface area contributed by atoms with E-state index in [2.05, 4.69) is 269 Å². The topological polar surface area (TPSA) is 108 Å². The molecule has 10 heteroatoms. The van der Waals surface area contributed by atoms with Crippen LogP contribution in [0.3, 0.4) is 0 Å². The first-order valence-corrected chi connectivity index (χ1v) is 37.9. The standard InChI is InChI=1S/C86H130NO8P/c1-6-8-10-12-14-16-18-20-22-24-26-28-30-32-34-36-38-39-40-41-42-43-44-45-46-47-49-51-53-55-57-59-61-63-65-67-69-71-73-75-77-79-86(89)95-84(83-94-96(90,91)93-81-80-87(3,4)5)82-92-85(88)78-76-74-72-70-68-66-64-62-60-58-56-54-52-50-48-37-35-33-31-29-27-25-23-21-19-17-15-13-11-9-7-2/h8-11,14-17,20-23,26-29,32-35,38-39,41-42,44-45,47-50,53-56,59-62,65-68,84H,6-7,12-13,18-19,24-25,30-31,36-37,40,43,46,51-52,57-58,63-64,69-83H2,1-5H3/p+1/b10-8-,11-9-,16-14-,17-15-,22-20-,23-21-,28-26-,29-27-,34-32-,35-33-,39-38-,42-41-,45-44-,49-47-,50-48-,55-53-,56-54-,61-59-,62-60-,67-65-,68-66-. The highest BCUT2D eigenvalue weighted by molar-refractivity contribution is 7.47. The lowest BCUT2D eigenvalue weighted by Crippen LogP contribution is -2.37. The molecule has 1 N–H and O–H groups in total. The Kier molecular flexibility index (Phi) is 67.9. The van der Waals surface area contributed by atoms with Crippen molar-refractivity contribution in [2.24, 2.45) is 0 Å². The van der Waals surface area contributed by atoms with Gasteiger partial charge in [-0.1, -0.05) is 288 Å². The van der Waals surface area contributed by atoms with Gasteiger partial charge in [-0.3, -0.25) is 18.6 Å². The number of carbonyl (C=O) groups excluding carboxylic acids is 2. The molecule has 0 saturated heterocycles. The summed E-state index contributed by atoms with van der Waals surface area (Å²) in [6, 6.07) is 0. The second-order valence-corrected chi connectivity index (χ2v) is 25.6. The molecule has 0 fully saturated rings. The molecule has 0 bridgehead atoms. The number of carbonyl (C=O) groups is 2. The van der Waals surface area contributed by atoms with Crippen LogP contribution in [0.5, 0.6) is 0 Å². The summed E-state index contributed by atoms with van der Waals surface area (Å²) in [5.41, 5.74) is 0. The number of hydrogen-bond acceptors (Lipinski definition) is 7. The van der Waals surface area contributed by atoms with Gasteiger partial charge < -0.3 is 18.9 Å². The van der Waals surface area contributed by atoms with Gasteiger partial charge in [0.1, 0.15) is 19.8 Å². The van der Waals surface area contributed by atoms with E-state index in [0.29, 0.717) is 23.9 Å². The van der Waals surface area contributed by atoms with Gasteiger partial charge in [0.05, 0.1) is 27.7 Å². The number of unbranched alkanes of at least 4 members (excludes halogenated alkanes) is 7. The fraction of sp³-hybridized carbons (Fsp3) is 0.488. The molecule has 0 aliphatic carbocycles. The van der Waals surface area contributed by atoms with Crippen LogP contribution in [-0.2, 0) is 32.7 Å². The van der Waals surface area contributed by atoms with E-state index < -0.39 is 32.5 Å². The summed E-state index contributed by atoms with van der Waals surface area (Å²) in [6.45, 7) is 4.09. The molecule has 9 nitrogen and oxygen atoms in total. The number of allylic oxidation sites excluding steroid dienone is 42. The normalized spacial score (nSPS) is 14.6. The van der Waals surface area contributed by atoms with Gasteiger partial charge in [0.2, 0.25) is 0 Å². The number of ether oxygens (including phenoxy) is 2. The molecule has 0 aliphatic heterocycles. The van der Waals surface area contributed by atoms with E-state index >= 15 is 0 Å². The van der Waals surface area contributed by atoms with Crippen LogP contribution in [0, 0.1) is 0 Å². The van der Waals surface area contributed by atoms with Crippen LogP contribution in [0.25, 0.3) is 0 Å². The number of quaternary nitrogens is 1. The van der Waals surface area contributed by atoms with E-state index in [1.54, 1.807) is 0 Å². The summed E-state index contributed by atoms with van der Waals surface area (Å²) in [4.78, 5) is 35.9. The number of esters is 2. The molecule has 0 aromatic carbocycles. The predicted octanol–water partition coefficient (Wildman–Crippen LogP) is 24.5. The average molecular weight is 1340 g/mol. The summed E-state index contributed by atoms with van der Waals surface area (Å²) < 4.78 is 34.6. The van der Waals surface area contributed by atoms with Crippen molar-refractivity contribution in [3.05, 3.63) is 255 Å². The third-order valence-corrected chi connectivity index (χ3v) is 15.0. The maximum Gasteiger partial charge on any atom is 0.472 e. The molecule has 0 spiro atoms. The summed E-state index contributed by atoms with van der Waals surface area (Å²) >= 11 is 0. The number of phosphoric ester groups is 1. The van der Waals surface area contributed by atoms with Gasteiger partial charge in [-0.05, 0) is 173 Å². The van der Waals surface area contributed by atoms with Gasteiger partial charge in [0.15, 0.2) is 6.10 Å². The van der Waals surface area contributed by atoms with Gasteiger partial charge in [-0.25, -0.2) is 4.57 Å². The van der Waals surface area contributed by atoms with Crippen molar-refractivity contribution in [1.29, 1.82) is 0 Å². The van der Waals surface area contributed by atoms with E-state index in [9.17, 15) is 19.0 Å². The first-order valence-electron chi connectivity index (χ1n) is 36.4. The Morgan fingerprint density at radius 2 is 0.562 bits per heavy atom. The molecular formula is C86H131NO8P+. The van der Waals surface area contributed by atoms with Crippen molar-refractivity contribution in [2.75, 3.05) is 47.5 Å². The second-order valence-electron chi connectivity index (χ2n) is 24.2. The lowest BCUT2D eigenvalue weighted by Gasteiger charge is -2.24. The van der Waals surface area contributed by atoms with Crippen molar-refractivity contribution in [1.82, 2.24) is 0 Å². The smallest absolute Gasteiger partial charge is 0.462 e. The molecule has 0 amide bonds. The van der Waals surface area contributed by atoms with Crippen molar-refractivity contribution < 1.29 is 42.1 Å². The highest BCUT2D eigenvalue weighted by Crippen LogP contribution is 2.43. The molecule has 0 radical (unpaired) electrons. The lowest BCUT2D eigenvalue weighted by molar-refractivity contribution is -0.870. The highest BCUT2D eigenvalue weighted by Gasteiger charge is 2.27. The molecule has 0 heterocycles. The Hall–Kier alpha value is -6.45. The first kappa shape index (κ1) is 89.5. The molecule has 0 rings (SSSR count). The fourth-order valence-corrected chi connectivity index (χ4v) is 9.32. The minimum atomic E-state index is -4.43. The zero-order valence-corrected chi connectivity index (χ0v) is 61.4.